The number of aliphatic carboxylic acids is 1. The van der Waals surface area contributed by atoms with Crippen LogP contribution < -0.4 is 0 Å². The lowest BCUT2D eigenvalue weighted by Crippen LogP contribution is -2.50. The van der Waals surface area contributed by atoms with E-state index < -0.39 is 24.1 Å². The maximum Gasteiger partial charge on any atom is 0.362 e. The molecule has 1 N–H and O–H groups in total. The van der Waals surface area contributed by atoms with Crippen molar-refractivity contribution in [2.75, 3.05) is 41.0 Å². The Bertz CT molecular complexity index is 932. The van der Waals surface area contributed by atoms with Gasteiger partial charge in [0.1, 0.15) is 6.61 Å². The zero-order valence-corrected chi connectivity index (χ0v) is 31.2. The minimum atomic E-state index is -0.890. The highest BCUT2D eigenvalue weighted by Crippen LogP contribution is 2.12. The molecule has 0 rings (SSSR count). The molecule has 0 amide bonds. The Hall–Kier alpha value is -2.71. The van der Waals surface area contributed by atoms with E-state index in [1.165, 1.54) is 64.2 Å². The van der Waals surface area contributed by atoms with E-state index in [4.69, 9.17) is 14.2 Å². The average molecular weight is 677 g/mol. The Balaban J connectivity index is 4.46. The quantitative estimate of drug-likeness (QED) is 0.0328. The van der Waals surface area contributed by atoms with Gasteiger partial charge in [0.05, 0.1) is 40.8 Å². The van der Waals surface area contributed by atoms with Crippen LogP contribution in [0, 0.1) is 0 Å². The number of carbonyl (C=O) groups is 3. The lowest BCUT2D eigenvalue weighted by Gasteiger charge is -2.31. The van der Waals surface area contributed by atoms with Gasteiger partial charge in [0.15, 0.2) is 12.1 Å². The first kappa shape index (κ1) is 45.3. The second-order valence-corrected chi connectivity index (χ2v) is 13.5. The van der Waals surface area contributed by atoms with Crippen molar-refractivity contribution in [3.63, 3.8) is 0 Å². The third-order valence-electron chi connectivity index (χ3n) is 8.00. The molecule has 0 bridgehead atoms. The highest BCUT2D eigenvalue weighted by molar-refractivity contribution is 5.72. The molecule has 48 heavy (non-hydrogen) atoms. The van der Waals surface area contributed by atoms with E-state index in [1.54, 1.807) is 6.08 Å². The van der Waals surface area contributed by atoms with Crippen molar-refractivity contribution < 1.29 is 38.2 Å². The van der Waals surface area contributed by atoms with E-state index >= 15 is 0 Å². The molecule has 0 fully saturated rings. The molecular formula is C40H70NO7+. The fraction of sp³-hybridized carbons (Fsp3) is 0.725. The third kappa shape index (κ3) is 29.4. The predicted octanol–water partition coefficient (Wildman–Crippen LogP) is 9.29. The minimum absolute atomic E-state index is 0.0228. The van der Waals surface area contributed by atoms with Crippen molar-refractivity contribution in [1.29, 1.82) is 0 Å². The number of likely N-dealkylation sites (N-methyl/N-ethyl adjacent to an activating group) is 1. The van der Waals surface area contributed by atoms with Crippen LogP contribution >= 0.6 is 0 Å². The van der Waals surface area contributed by atoms with Crippen LogP contribution in [0.1, 0.15) is 136 Å². The van der Waals surface area contributed by atoms with E-state index in [1.807, 2.05) is 27.2 Å². The maximum atomic E-state index is 12.5. The smallest absolute Gasteiger partial charge is 0.362 e. The van der Waals surface area contributed by atoms with Gasteiger partial charge in [-0.15, -0.1) is 0 Å². The summed E-state index contributed by atoms with van der Waals surface area (Å²) in [6.07, 6.45) is 34.8. The molecule has 2 unspecified atom stereocenters. The number of ether oxygens (including phenoxy) is 3. The summed E-state index contributed by atoms with van der Waals surface area (Å²) in [5, 5.41) is 9.56. The molecule has 276 valence electrons. The molecule has 0 saturated heterocycles. The van der Waals surface area contributed by atoms with E-state index in [-0.39, 0.29) is 36.7 Å². The Morgan fingerprint density at radius 2 is 1.23 bits per heavy atom. The number of carboxylic acid groups (broad SMARTS) is 1. The fourth-order valence-corrected chi connectivity index (χ4v) is 5.09. The van der Waals surface area contributed by atoms with Crippen molar-refractivity contribution in [3.8, 4) is 0 Å². The van der Waals surface area contributed by atoms with Gasteiger partial charge in [-0.05, 0) is 51.4 Å². The number of nitrogens with zero attached hydrogens (tertiary/aromatic N) is 1. The van der Waals surface area contributed by atoms with Crippen molar-refractivity contribution in [1.82, 2.24) is 0 Å². The van der Waals surface area contributed by atoms with E-state index in [2.05, 4.69) is 50.3 Å². The lowest BCUT2D eigenvalue weighted by atomic mass is 10.1. The van der Waals surface area contributed by atoms with Gasteiger partial charge in [-0.3, -0.25) is 9.59 Å². The molecule has 0 aliphatic rings. The molecule has 0 aromatic heterocycles. The van der Waals surface area contributed by atoms with E-state index in [0.717, 1.165) is 38.5 Å². The monoisotopic (exact) mass is 677 g/mol. The van der Waals surface area contributed by atoms with Crippen LogP contribution in [-0.4, -0.2) is 80.6 Å². The van der Waals surface area contributed by atoms with Gasteiger partial charge in [0, 0.05) is 12.8 Å². The summed E-state index contributed by atoms with van der Waals surface area (Å²) in [5.74, 6) is -1.63. The Kier molecular flexibility index (Phi) is 29.8. The van der Waals surface area contributed by atoms with Crippen LogP contribution in [0.4, 0.5) is 0 Å². The summed E-state index contributed by atoms with van der Waals surface area (Å²) in [7, 11) is 5.48. The summed E-state index contributed by atoms with van der Waals surface area (Å²) >= 11 is 0. The van der Waals surface area contributed by atoms with E-state index in [0.29, 0.717) is 12.8 Å². The molecule has 0 aliphatic carbocycles. The number of allylic oxidation sites excluding steroid dienone is 7. The van der Waals surface area contributed by atoms with Crippen molar-refractivity contribution >= 4 is 17.9 Å². The highest BCUT2D eigenvalue weighted by atomic mass is 16.6. The van der Waals surface area contributed by atoms with Crippen molar-refractivity contribution in [2.45, 2.75) is 148 Å². The molecule has 0 aliphatic heterocycles. The first-order valence-corrected chi connectivity index (χ1v) is 18.7. The van der Waals surface area contributed by atoms with Gasteiger partial charge in [0.25, 0.3) is 0 Å². The Morgan fingerprint density at radius 1 is 0.667 bits per heavy atom. The van der Waals surface area contributed by atoms with Crippen LogP contribution in [0.25, 0.3) is 0 Å². The number of esters is 2. The molecule has 0 spiro atoms. The van der Waals surface area contributed by atoms with Gasteiger partial charge in [-0.1, -0.05) is 114 Å². The largest absolute Gasteiger partial charge is 0.477 e. The topological polar surface area (TPSA) is 99.1 Å². The SMILES string of the molecule is CC/C=C/C/C=C/C/C=C/CC(=O)OC(COCCC(C(=O)O)[N+](C)(C)C)COC(=O)CCCCCCCCC/C=C/CCCCCC. The Morgan fingerprint density at radius 3 is 1.81 bits per heavy atom. The van der Waals surface area contributed by atoms with Crippen LogP contribution in [0.2, 0.25) is 0 Å². The summed E-state index contributed by atoms with van der Waals surface area (Å²) < 4.78 is 17.0. The molecule has 0 radical (unpaired) electrons. The first-order chi connectivity index (χ1) is 23.1. The molecular weight excluding hydrogens is 606 g/mol. The molecule has 8 nitrogen and oxygen atoms in total. The van der Waals surface area contributed by atoms with Gasteiger partial charge in [0.2, 0.25) is 0 Å². The molecule has 2 atom stereocenters. The summed E-state index contributed by atoms with van der Waals surface area (Å²) in [4.78, 5) is 36.6. The number of carbonyl (C=O) groups excluding carboxylic acids is 2. The molecule has 8 heteroatoms. The standard InChI is InChI=1S/C40H69NO7/c1-6-8-10-12-14-16-17-18-19-20-21-23-24-26-28-30-38(42)47-35-36(34-46-33-32-37(40(44)45)41(3,4)5)48-39(43)31-29-27-25-22-15-13-11-9-7-2/h9,11,15-17,22,27,29,36-37H,6-8,10,12-14,18-21,23-26,28,30-35H2,1-5H3/p+1/b11-9+,17-16+,22-15+,29-27+. The number of quaternary nitrogens is 1. The molecule has 0 saturated carbocycles. The van der Waals surface area contributed by atoms with Crippen LogP contribution in [0.5, 0.6) is 0 Å². The van der Waals surface area contributed by atoms with Gasteiger partial charge in [-0.25, -0.2) is 4.79 Å². The van der Waals surface area contributed by atoms with Crippen molar-refractivity contribution in [2.24, 2.45) is 0 Å². The second-order valence-electron chi connectivity index (χ2n) is 13.5. The van der Waals surface area contributed by atoms with Gasteiger partial charge < -0.3 is 23.8 Å². The van der Waals surface area contributed by atoms with Crippen LogP contribution in [0.3, 0.4) is 0 Å². The van der Waals surface area contributed by atoms with Gasteiger partial charge in [-0.2, -0.15) is 0 Å². The van der Waals surface area contributed by atoms with Crippen LogP contribution in [0.15, 0.2) is 48.6 Å². The number of unbranched alkanes of at least 4 members (excludes halogenated alkanes) is 11. The predicted molar refractivity (Wildman–Crippen MR) is 197 cm³/mol. The zero-order chi connectivity index (χ0) is 35.7. The van der Waals surface area contributed by atoms with Crippen LogP contribution in [-0.2, 0) is 28.6 Å². The minimum Gasteiger partial charge on any atom is -0.477 e. The molecule has 0 heterocycles. The normalized spacial score (nSPS) is 13.6. The summed E-state index contributed by atoms with van der Waals surface area (Å²) in [5.41, 5.74) is 0. The number of rotatable bonds is 32. The highest BCUT2D eigenvalue weighted by Gasteiger charge is 2.31. The lowest BCUT2D eigenvalue weighted by molar-refractivity contribution is -0.887. The maximum absolute atomic E-state index is 12.5. The molecule has 0 aromatic rings. The average Bonchev–Trinajstić information content (AvgIpc) is 3.03. The first-order valence-electron chi connectivity index (χ1n) is 18.7. The number of carboxylic acids is 1. The molecule has 0 aromatic carbocycles. The van der Waals surface area contributed by atoms with Gasteiger partial charge >= 0.3 is 17.9 Å². The number of hydrogen-bond donors (Lipinski definition) is 1. The Labute approximate surface area is 293 Å². The third-order valence-corrected chi connectivity index (χ3v) is 8.00. The van der Waals surface area contributed by atoms with Crippen molar-refractivity contribution in [3.05, 3.63) is 48.6 Å². The second kappa shape index (κ2) is 31.6. The summed E-state index contributed by atoms with van der Waals surface area (Å²) in [6.45, 7) is 4.46. The number of hydrogen-bond acceptors (Lipinski definition) is 6. The van der Waals surface area contributed by atoms with E-state index in [9.17, 15) is 19.5 Å². The fourth-order valence-electron chi connectivity index (χ4n) is 5.09. The zero-order valence-electron chi connectivity index (χ0n) is 31.2. The summed E-state index contributed by atoms with van der Waals surface area (Å²) in [6, 6.07) is -0.627.